The van der Waals surface area contributed by atoms with E-state index in [9.17, 15) is 9.59 Å². The number of aryl methyl sites for hydroxylation is 1. The number of nitrogens with zero attached hydrogens (tertiary/aromatic N) is 1. The van der Waals surface area contributed by atoms with Crippen LogP contribution in [-0.2, 0) is 0 Å². The fourth-order valence-corrected chi connectivity index (χ4v) is 2.96. The van der Waals surface area contributed by atoms with Gasteiger partial charge in [-0.3, -0.25) is 4.79 Å². The molecule has 1 aliphatic rings. The molecule has 2 rings (SSSR count). The molecule has 1 aromatic rings. The Balaban J connectivity index is 2.28. The number of carbonyl (C=O) groups excluding carboxylic acids is 1. The molecule has 4 heteroatoms. The first-order chi connectivity index (χ1) is 10.0. The molecule has 1 atom stereocenters. The second kappa shape index (κ2) is 6.92. The van der Waals surface area contributed by atoms with Crippen molar-refractivity contribution < 1.29 is 9.21 Å². The Morgan fingerprint density at radius 2 is 2.00 bits per heavy atom. The molecule has 0 aliphatic carbocycles. The Kier molecular flexibility index (Phi) is 5.21. The van der Waals surface area contributed by atoms with Gasteiger partial charge < -0.3 is 9.32 Å². The molecule has 1 saturated heterocycles. The number of amides is 1. The summed E-state index contributed by atoms with van der Waals surface area (Å²) in [6.45, 7) is 7.47. The third-order valence-corrected chi connectivity index (χ3v) is 4.23. The normalized spacial score (nSPS) is 16.8. The minimum atomic E-state index is -0.483. The van der Waals surface area contributed by atoms with Gasteiger partial charge in [0.25, 0.3) is 5.91 Å². The van der Waals surface area contributed by atoms with Crippen LogP contribution in [0.25, 0.3) is 0 Å². The maximum atomic E-state index is 12.5. The molecule has 0 aromatic carbocycles. The highest BCUT2D eigenvalue weighted by molar-refractivity contribution is 5.95. The Labute approximate surface area is 126 Å². The van der Waals surface area contributed by atoms with Crippen molar-refractivity contribution in [2.24, 2.45) is 0 Å². The van der Waals surface area contributed by atoms with E-state index in [0.29, 0.717) is 5.76 Å². The first-order valence-corrected chi connectivity index (χ1v) is 7.98. The highest BCUT2D eigenvalue weighted by Crippen LogP contribution is 2.22. The smallest absolute Gasteiger partial charge is 0.349 e. The topological polar surface area (TPSA) is 50.5 Å². The van der Waals surface area contributed by atoms with Crippen LogP contribution in [0.15, 0.2) is 15.3 Å². The van der Waals surface area contributed by atoms with Gasteiger partial charge in [0.15, 0.2) is 0 Å². The van der Waals surface area contributed by atoms with Crippen molar-refractivity contribution in [3.63, 3.8) is 0 Å². The third-order valence-electron chi connectivity index (χ3n) is 4.23. The molecule has 2 heterocycles. The van der Waals surface area contributed by atoms with Crippen LogP contribution < -0.4 is 5.63 Å². The average Bonchev–Trinajstić information content (AvgIpc) is 2.47. The van der Waals surface area contributed by atoms with Crippen LogP contribution >= 0.6 is 0 Å². The van der Waals surface area contributed by atoms with Crippen molar-refractivity contribution in [3.05, 3.63) is 33.4 Å². The Morgan fingerprint density at radius 3 is 2.57 bits per heavy atom. The molecule has 0 bridgehead atoms. The lowest BCUT2D eigenvalue weighted by Crippen LogP contribution is -2.38. The second-order valence-electron chi connectivity index (χ2n) is 6.04. The molecule has 0 N–H and O–H groups in total. The van der Waals surface area contributed by atoms with Gasteiger partial charge in [-0.25, -0.2) is 4.79 Å². The number of piperidine rings is 1. The zero-order valence-corrected chi connectivity index (χ0v) is 13.3. The van der Waals surface area contributed by atoms with Crippen molar-refractivity contribution in [2.45, 2.75) is 58.8 Å². The van der Waals surface area contributed by atoms with E-state index in [2.05, 4.69) is 6.92 Å². The van der Waals surface area contributed by atoms with E-state index in [1.807, 2.05) is 19.9 Å². The predicted molar refractivity (Wildman–Crippen MR) is 82.8 cm³/mol. The molecule has 1 aliphatic heterocycles. The lowest BCUT2D eigenvalue weighted by Gasteiger charge is -2.26. The number of hydrogen-bond acceptors (Lipinski definition) is 3. The van der Waals surface area contributed by atoms with Crippen molar-refractivity contribution in [1.82, 2.24) is 4.90 Å². The van der Waals surface area contributed by atoms with Crippen LogP contribution in [0.2, 0.25) is 0 Å². The first-order valence-electron chi connectivity index (χ1n) is 7.98. The van der Waals surface area contributed by atoms with Gasteiger partial charge in [0, 0.05) is 19.0 Å². The van der Waals surface area contributed by atoms with Crippen LogP contribution in [-0.4, -0.2) is 23.9 Å². The summed E-state index contributed by atoms with van der Waals surface area (Å²) >= 11 is 0. The number of hydrogen-bond donors (Lipinski definition) is 0. The van der Waals surface area contributed by atoms with Gasteiger partial charge >= 0.3 is 5.63 Å². The van der Waals surface area contributed by atoms with Crippen LogP contribution in [0.5, 0.6) is 0 Å². The number of likely N-dealkylation sites (tertiary alicyclic amines) is 1. The molecule has 0 saturated carbocycles. The molecule has 0 spiro atoms. The molecule has 4 nitrogen and oxygen atoms in total. The largest absolute Gasteiger partial charge is 0.427 e. The second-order valence-corrected chi connectivity index (χ2v) is 6.04. The van der Waals surface area contributed by atoms with Gasteiger partial charge in [0.1, 0.15) is 11.3 Å². The summed E-state index contributed by atoms with van der Waals surface area (Å²) in [4.78, 5) is 26.5. The predicted octanol–water partition coefficient (Wildman–Crippen LogP) is 3.48. The van der Waals surface area contributed by atoms with Gasteiger partial charge in [0.05, 0.1) is 0 Å². The Morgan fingerprint density at radius 1 is 1.33 bits per heavy atom. The summed E-state index contributed by atoms with van der Waals surface area (Å²) < 4.78 is 5.41. The third kappa shape index (κ3) is 3.55. The summed E-state index contributed by atoms with van der Waals surface area (Å²) in [5.41, 5.74) is 0.465. The van der Waals surface area contributed by atoms with E-state index in [0.717, 1.165) is 50.8 Å². The van der Waals surface area contributed by atoms with E-state index in [1.165, 1.54) is 0 Å². The van der Waals surface area contributed by atoms with Gasteiger partial charge in [0.2, 0.25) is 0 Å². The molecular weight excluding hydrogens is 266 g/mol. The van der Waals surface area contributed by atoms with Crippen LogP contribution in [0, 0.1) is 6.92 Å². The van der Waals surface area contributed by atoms with Gasteiger partial charge in [-0.1, -0.05) is 20.3 Å². The van der Waals surface area contributed by atoms with E-state index in [-0.39, 0.29) is 17.4 Å². The van der Waals surface area contributed by atoms with Crippen LogP contribution in [0.4, 0.5) is 0 Å². The quantitative estimate of drug-likeness (QED) is 0.853. The zero-order chi connectivity index (χ0) is 15.4. The van der Waals surface area contributed by atoms with E-state index < -0.39 is 5.63 Å². The summed E-state index contributed by atoms with van der Waals surface area (Å²) in [6.07, 6.45) is 5.20. The lowest BCUT2D eigenvalue weighted by atomic mass is 10.00. The van der Waals surface area contributed by atoms with Crippen LogP contribution in [0.1, 0.15) is 73.6 Å². The minimum Gasteiger partial charge on any atom is -0.427 e. The Hall–Kier alpha value is -1.58. The van der Waals surface area contributed by atoms with Gasteiger partial charge in [-0.05, 0) is 44.2 Å². The molecular formula is C17H25NO3. The zero-order valence-electron chi connectivity index (χ0n) is 13.3. The molecule has 0 radical (unpaired) electrons. The summed E-state index contributed by atoms with van der Waals surface area (Å²) in [5.74, 6) is 0.728. The first kappa shape index (κ1) is 15.8. The molecule has 21 heavy (non-hydrogen) atoms. The monoisotopic (exact) mass is 291 g/mol. The molecule has 116 valence electrons. The van der Waals surface area contributed by atoms with Gasteiger partial charge in [-0.2, -0.15) is 0 Å². The fraction of sp³-hybridized carbons (Fsp3) is 0.647. The Bertz CT molecular complexity index is 556. The molecule has 1 fully saturated rings. The van der Waals surface area contributed by atoms with E-state index in [1.54, 1.807) is 4.90 Å². The molecule has 1 unspecified atom stereocenters. The molecule has 1 aromatic heterocycles. The minimum absolute atomic E-state index is 0.171. The summed E-state index contributed by atoms with van der Waals surface area (Å²) in [6, 6.07) is 1.86. The lowest BCUT2D eigenvalue weighted by molar-refractivity contribution is 0.0718. The van der Waals surface area contributed by atoms with Gasteiger partial charge in [-0.15, -0.1) is 0 Å². The highest BCUT2D eigenvalue weighted by Gasteiger charge is 2.24. The van der Waals surface area contributed by atoms with E-state index >= 15 is 0 Å². The maximum absolute atomic E-state index is 12.5. The van der Waals surface area contributed by atoms with Crippen LogP contribution in [0.3, 0.4) is 0 Å². The van der Waals surface area contributed by atoms with E-state index in [4.69, 9.17) is 4.42 Å². The SMILES string of the molecule is CCCC(C)c1cc(C)c(C(=O)N2CCCCC2)c(=O)o1. The molecule has 1 amide bonds. The summed E-state index contributed by atoms with van der Waals surface area (Å²) in [7, 11) is 0. The highest BCUT2D eigenvalue weighted by atomic mass is 16.4. The fourth-order valence-electron chi connectivity index (χ4n) is 2.96. The number of carbonyl (C=O) groups is 1. The maximum Gasteiger partial charge on any atom is 0.349 e. The summed E-state index contributed by atoms with van der Waals surface area (Å²) in [5, 5.41) is 0. The van der Waals surface area contributed by atoms with Crippen molar-refractivity contribution >= 4 is 5.91 Å². The standard InChI is InChI=1S/C17H25NO3/c1-4-8-12(2)14-11-13(3)15(17(20)21-14)16(19)18-9-6-5-7-10-18/h11-12H,4-10H2,1-3H3. The number of rotatable bonds is 4. The van der Waals surface area contributed by atoms with Crippen molar-refractivity contribution in [1.29, 1.82) is 0 Å². The van der Waals surface area contributed by atoms with Crippen molar-refractivity contribution in [3.8, 4) is 0 Å². The van der Waals surface area contributed by atoms with Crippen molar-refractivity contribution in [2.75, 3.05) is 13.1 Å². The average molecular weight is 291 g/mol.